The predicted octanol–water partition coefficient (Wildman–Crippen LogP) is -0.581. The van der Waals surface area contributed by atoms with Crippen molar-refractivity contribution >= 4 is 17.1 Å². The van der Waals surface area contributed by atoms with Crippen molar-refractivity contribution in [3.63, 3.8) is 0 Å². The van der Waals surface area contributed by atoms with Gasteiger partial charge in [-0.2, -0.15) is 4.98 Å². The molecule has 0 saturated carbocycles. The van der Waals surface area contributed by atoms with E-state index in [9.17, 15) is 14.7 Å². The molecule has 0 radical (unpaired) electrons. The number of rotatable bonds is 8. The molecule has 2 heterocycles. The Balaban J connectivity index is 2.45. The van der Waals surface area contributed by atoms with E-state index >= 15 is 0 Å². The van der Waals surface area contributed by atoms with Crippen molar-refractivity contribution in [2.75, 3.05) is 25.1 Å². The van der Waals surface area contributed by atoms with Crippen molar-refractivity contribution in [1.29, 1.82) is 0 Å². The van der Waals surface area contributed by atoms with Crippen LogP contribution in [0.2, 0.25) is 0 Å². The second-order valence-electron chi connectivity index (χ2n) is 5.05. The van der Waals surface area contributed by atoms with E-state index < -0.39 is 17.4 Å². The third-order valence-electron chi connectivity index (χ3n) is 3.28. The first kappa shape index (κ1) is 17.0. The minimum Gasteiger partial charge on any atom is -0.389 e. The van der Waals surface area contributed by atoms with Gasteiger partial charge in [0.1, 0.15) is 0 Å². The van der Waals surface area contributed by atoms with E-state index in [1.807, 2.05) is 6.92 Å². The van der Waals surface area contributed by atoms with Crippen LogP contribution in [0.15, 0.2) is 22.2 Å². The quantitative estimate of drug-likeness (QED) is 0.442. The first-order valence-corrected chi connectivity index (χ1v) is 7.29. The Morgan fingerprint density at radius 2 is 2.26 bits per heavy atom. The summed E-state index contributed by atoms with van der Waals surface area (Å²) in [7, 11) is 1.53. The summed E-state index contributed by atoms with van der Waals surface area (Å²) in [5.74, 6) is 0.414. The molecule has 126 valence electrons. The molecule has 2 rings (SSSR count). The molecule has 0 aromatic carbocycles. The van der Waals surface area contributed by atoms with Crippen molar-refractivity contribution in [1.82, 2.24) is 19.1 Å². The highest BCUT2D eigenvalue weighted by molar-refractivity contribution is 5.74. The summed E-state index contributed by atoms with van der Waals surface area (Å²) in [5.41, 5.74) is -0.594. The zero-order valence-corrected chi connectivity index (χ0v) is 13.2. The van der Waals surface area contributed by atoms with Crippen LogP contribution in [0.5, 0.6) is 0 Å². The molecule has 1 atom stereocenters. The molecular formula is C14H21N5O4. The molecule has 0 aliphatic rings. The smallest absolute Gasteiger partial charge is 0.329 e. The van der Waals surface area contributed by atoms with Gasteiger partial charge < -0.3 is 19.7 Å². The predicted molar refractivity (Wildman–Crippen MR) is 86.8 cm³/mol. The number of aromatic nitrogens is 4. The maximum atomic E-state index is 12.1. The number of ether oxygens (including phenoxy) is 1. The highest BCUT2D eigenvalue weighted by Gasteiger charge is 2.19. The Kier molecular flexibility index (Phi) is 5.35. The fourth-order valence-corrected chi connectivity index (χ4v) is 2.26. The largest absolute Gasteiger partial charge is 0.389 e. The summed E-state index contributed by atoms with van der Waals surface area (Å²) in [4.78, 5) is 30.4. The number of nitrogens with zero attached hydrogens (tertiary/aromatic N) is 3. The number of hydrogen-bond donors (Lipinski definition) is 3. The normalized spacial score (nSPS) is 12.5. The molecule has 9 nitrogen and oxygen atoms in total. The van der Waals surface area contributed by atoms with Gasteiger partial charge in [0.05, 0.1) is 25.9 Å². The Morgan fingerprint density at radius 3 is 2.91 bits per heavy atom. The van der Waals surface area contributed by atoms with E-state index in [0.29, 0.717) is 19.1 Å². The van der Waals surface area contributed by atoms with Gasteiger partial charge in [-0.3, -0.25) is 14.3 Å². The standard InChI is InChI=1S/C14H21N5O4/c1-4-6-23-8-9(20)7-19-10-11(16-13(19)15-5-2)18(3)14(22)17-12(10)21/h4,9,20H,1,5-8H2,2-3H3,(H,15,16)(H,17,21,22)/t9-/m1/s1. The van der Waals surface area contributed by atoms with Gasteiger partial charge in [0.15, 0.2) is 11.2 Å². The third kappa shape index (κ3) is 3.51. The fraction of sp³-hybridized carbons (Fsp3) is 0.500. The van der Waals surface area contributed by atoms with E-state index in [1.165, 1.54) is 11.6 Å². The van der Waals surface area contributed by atoms with Crippen LogP contribution in [-0.2, 0) is 18.3 Å². The molecule has 2 aromatic rings. The molecule has 0 aliphatic heterocycles. The summed E-state index contributed by atoms with van der Waals surface area (Å²) in [6.45, 7) is 6.54. The van der Waals surface area contributed by atoms with Crippen molar-refractivity contribution in [2.45, 2.75) is 19.6 Å². The number of aliphatic hydroxyl groups is 1. The SMILES string of the molecule is C=CCOC[C@H](O)Cn1c(NCC)nc2c1c(=O)[nH]c(=O)n2C. The molecule has 0 fully saturated rings. The van der Waals surface area contributed by atoms with Crippen molar-refractivity contribution in [2.24, 2.45) is 7.05 Å². The number of aryl methyl sites for hydroxylation is 1. The first-order valence-electron chi connectivity index (χ1n) is 7.29. The van der Waals surface area contributed by atoms with Gasteiger partial charge in [-0.15, -0.1) is 6.58 Å². The number of anilines is 1. The van der Waals surface area contributed by atoms with Crippen LogP contribution in [-0.4, -0.2) is 50.1 Å². The average Bonchev–Trinajstić information content (AvgIpc) is 2.85. The van der Waals surface area contributed by atoms with E-state index in [-0.39, 0.29) is 24.3 Å². The molecule has 3 N–H and O–H groups in total. The van der Waals surface area contributed by atoms with E-state index in [1.54, 1.807) is 10.6 Å². The zero-order valence-electron chi connectivity index (χ0n) is 13.2. The average molecular weight is 323 g/mol. The number of imidazole rings is 1. The molecule has 9 heteroatoms. The first-order chi connectivity index (χ1) is 11.0. The number of H-pyrrole nitrogens is 1. The van der Waals surface area contributed by atoms with Crippen LogP contribution < -0.4 is 16.6 Å². The lowest BCUT2D eigenvalue weighted by molar-refractivity contribution is 0.0405. The van der Waals surface area contributed by atoms with Crippen LogP contribution in [0.1, 0.15) is 6.92 Å². The van der Waals surface area contributed by atoms with Gasteiger partial charge in [0, 0.05) is 13.6 Å². The number of aliphatic hydroxyl groups excluding tert-OH is 1. The van der Waals surface area contributed by atoms with Crippen LogP contribution in [0.4, 0.5) is 5.95 Å². The molecule has 0 saturated heterocycles. The highest BCUT2D eigenvalue weighted by atomic mass is 16.5. The summed E-state index contributed by atoms with van der Waals surface area (Å²) in [5, 5.41) is 13.1. The second kappa shape index (κ2) is 7.25. The third-order valence-corrected chi connectivity index (χ3v) is 3.28. The summed E-state index contributed by atoms with van der Waals surface area (Å²) < 4.78 is 8.03. The van der Waals surface area contributed by atoms with Crippen molar-refractivity contribution in [3.8, 4) is 0 Å². The maximum absolute atomic E-state index is 12.1. The topological polar surface area (TPSA) is 114 Å². The monoisotopic (exact) mass is 323 g/mol. The van der Waals surface area contributed by atoms with E-state index in [2.05, 4.69) is 21.9 Å². The minimum absolute atomic E-state index is 0.0981. The molecule has 2 aromatic heterocycles. The lowest BCUT2D eigenvalue weighted by Crippen LogP contribution is -2.30. The Bertz CT molecular complexity index is 804. The highest BCUT2D eigenvalue weighted by Crippen LogP contribution is 2.15. The van der Waals surface area contributed by atoms with Gasteiger partial charge in [0.25, 0.3) is 5.56 Å². The maximum Gasteiger partial charge on any atom is 0.329 e. The van der Waals surface area contributed by atoms with Gasteiger partial charge in [-0.05, 0) is 6.92 Å². The van der Waals surface area contributed by atoms with Crippen LogP contribution >= 0.6 is 0 Å². The fourth-order valence-electron chi connectivity index (χ4n) is 2.26. The summed E-state index contributed by atoms with van der Waals surface area (Å²) >= 11 is 0. The number of nitrogens with one attached hydrogen (secondary N) is 2. The van der Waals surface area contributed by atoms with Gasteiger partial charge in [0.2, 0.25) is 5.95 Å². The van der Waals surface area contributed by atoms with Crippen LogP contribution in [0.3, 0.4) is 0 Å². The van der Waals surface area contributed by atoms with Crippen molar-refractivity contribution < 1.29 is 9.84 Å². The van der Waals surface area contributed by atoms with Gasteiger partial charge in [-0.25, -0.2) is 4.79 Å². The van der Waals surface area contributed by atoms with Gasteiger partial charge in [-0.1, -0.05) is 6.08 Å². The molecule has 0 unspecified atom stereocenters. The van der Waals surface area contributed by atoms with Crippen LogP contribution in [0.25, 0.3) is 11.2 Å². The second-order valence-corrected chi connectivity index (χ2v) is 5.05. The molecular weight excluding hydrogens is 302 g/mol. The lowest BCUT2D eigenvalue weighted by atomic mass is 10.3. The number of hydrogen-bond acceptors (Lipinski definition) is 6. The number of fused-ring (bicyclic) bond motifs is 1. The van der Waals surface area contributed by atoms with Gasteiger partial charge >= 0.3 is 5.69 Å². The molecule has 0 aliphatic carbocycles. The van der Waals surface area contributed by atoms with E-state index in [0.717, 1.165) is 0 Å². The zero-order chi connectivity index (χ0) is 17.0. The summed E-state index contributed by atoms with van der Waals surface area (Å²) in [6.07, 6.45) is 0.755. The van der Waals surface area contributed by atoms with E-state index in [4.69, 9.17) is 4.74 Å². The number of aromatic amines is 1. The Morgan fingerprint density at radius 1 is 1.52 bits per heavy atom. The molecule has 0 bridgehead atoms. The Labute approximate surface area is 132 Å². The molecule has 0 amide bonds. The minimum atomic E-state index is -0.832. The van der Waals surface area contributed by atoms with Crippen LogP contribution in [0, 0.1) is 0 Å². The van der Waals surface area contributed by atoms with Crippen molar-refractivity contribution in [3.05, 3.63) is 33.5 Å². The molecule has 23 heavy (non-hydrogen) atoms. The summed E-state index contributed by atoms with van der Waals surface area (Å²) in [6, 6.07) is 0. The Hall–Kier alpha value is -2.39. The lowest BCUT2D eigenvalue weighted by Gasteiger charge is -2.14. The molecule has 0 spiro atoms.